The molecule has 6 aromatic carbocycles. The molecule has 0 aliphatic carbocycles. The monoisotopic (exact) mass is 626 g/mol. The Morgan fingerprint density at radius 2 is 1.19 bits per heavy atom. The van der Waals surface area contributed by atoms with Crippen molar-refractivity contribution in [2.24, 2.45) is 0 Å². The molecular weight excluding hydrogens is 589 g/mol. The number of fused-ring (bicyclic) bond motifs is 4. The van der Waals surface area contributed by atoms with E-state index in [0.29, 0.717) is 11.8 Å². The van der Waals surface area contributed by atoms with Crippen LogP contribution in [-0.2, 0) is 0 Å². The van der Waals surface area contributed by atoms with Crippen molar-refractivity contribution in [3.05, 3.63) is 144 Å². The van der Waals surface area contributed by atoms with Crippen molar-refractivity contribution in [3.63, 3.8) is 0 Å². The minimum atomic E-state index is 0.372. The number of imidazole rings is 1. The fourth-order valence-corrected chi connectivity index (χ4v) is 8.24. The van der Waals surface area contributed by atoms with E-state index in [-0.39, 0.29) is 0 Å². The van der Waals surface area contributed by atoms with Crippen molar-refractivity contribution in [2.45, 2.75) is 46.5 Å². The predicted octanol–water partition coefficient (Wildman–Crippen LogP) is 12.9. The molecule has 0 radical (unpaired) electrons. The molecule has 0 amide bonds. The van der Waals surface area contributed by atoms with Gasteiger partial charge in [-0.3, -0.25) is 4.57 Å². The van der Waals surface area contributed by atoms with Crippen LogP contribution >= 0.6 is 11.3 Å². The fraction of sp³-hybridized carbons (Fsp3) is 0.159. The average Bonchev–Trinajstić information content (AvgIpc) is 3.66. The number of hydrogen-bond donors (Lipinski definition) is 0. The van der Waals surface area contributed by atoms with E-state index in [2.05, 4.69) is 167 Å². The Hall–Kier alpha value is -4.99. The van der Waals surface area contributed by atoms with Gasteiger partial charge in [-0.2, -0.15) is 0 Å². The van der Waals surface area contributed by atoms with E-state index in [1.807, 2.05) is 11.3 Å². The van der Waals surface area contributed by atoms with E-state index < -0.39 is 0 Å². The third-order valence-corrected chi connectivity index (χ3v) is 10.6. The number of aromatic nitrogens is 2. The van der Waals surface area contributed by atoms with Crippen LogP contribution in [0.5, 0.6) is 0 Å². The average molecular weight is 627 g/mol. The molecule has 3 heteroatoms. The zero-order valence-corrected chi connectivity index (χ0v) is 28.4. The lowest BCUT2D eigenvalue weighted by Crippen LogP contribution is -2.09. The zero-order chi connectivity index (χ0) is 32.2. The second-order valence-corrected chi connectivity index (χ2v) is 14.4. The summed E-state index contributed by atoms with van der Waals surface area (Å²) in [7, 11) is 0. The van der Waals surface area contributed by atoms with E-state index >= 15 is 0 Å². The van der Waals surface area contributed by atoms with Crippen LogP contribution in [-0.4, -0.2) is 9.55 Å². The Morgan fingerprint density at radius 3 is 1.89 bits per heavy atom. The van der Waals surface area contributed by atoms with Crippen molar-refractivity contribution in [3.8, 4) is 39.3 Å². The molecule has 8 aromatic rings. The highest BCUT2D eigenvalue weighted by atomic mass is 32.1. The molecule has 8 rings (SSSR count). The number of aryl methyl sites for hydroxylation is 1. The maximum absolute atomic E-state index is 5.37. The Balaban J connectivity index is 1.32. The van der Waals surface area contributed by atoms with Gasteiger partial charge in [0.1, 0.15) is 5.82 Å². The molecule has 2 heterocycles. The summed E-state index contributed by atoms with van der Waals surface area (Å²) in [5.41, 5.74) is 13.6. The van der Waals surface area contributed by atoms with Crippen LogP contribution in [0.15, 0.2) is 127 Å². The van der Waals surface area contributed by atoms with Crippen LogP contribution < -0.4 is 0 Å². The highest BCUT2D eigenvalue weighted by Gasteiger charge is 2.24. The molecule has 0 fully saturated rings. The normalized spacial score (nSPS) is 11.9. The fourth-order valence-electron chi connectivity index (χ4n) is 7.05. The zero-order valence-electron chi connectivity index (χ0n) is 27.6. The lowest BCUT2D eigenvalue weighted by atomic mass is 9.90. The highest BCUT2D eigenvalue weighted by molar-refractivity contribution is 7.26. The van der Waals surface area contributed by atoms with Gasteiger partial charge < -0.3 is 0 Å². The van der Waals surface area contributed by atoms with Gasteiger partial charge in [0.25, 0.3) is 0 Å². The third kappa shape index (κ3) is 5.06. The van der Waals surface area contributed by atoms with E-state index in [9.17, 15) is 0 Å². The van der Waals surface area contributed by atoms with Crippen LogP contribution in [0.2, 0.25) is 0 Å². The molecule has 2 aromatic heterocycles. The van der Waals surface area contributed by atoms with Gasteiger partial charge in [-0.05, 0) is 82.5 Å². The molecule has 0 atom stereocenters. The van der Waals surface area contributed by atoms with Gasteiger partial charge in [0.2, 0.25) is 0 Å². The number of thiophene rings is 1. The quantitative estimate of drug-likeness (QED) is 0.180. The van der Waals surface area contributed by atoms with Gasteiger partial charge in [0.15, 0.2) is 0 Å². The molecular formula is C44H38N2S. The van der Waals surface area contributed by atoms with Crippen LogP contribution in [0, 0.1) is 6.92 Å². The Morgan fingerprint density at radius 1 is 0.574 bits per heavy atom. The predicted molar refractivity (Wildman–Crippen MR) is 203 cm³/mol. The molecule has 0 saturated heterocycles. The van der Waals surface area contributed by atoms with Gasteiger partial charge in [0, 0.05) is 25.7 Å². The SMILES string of the molecule is Cc1cc(C(C)C)c(-n2c(-c3cccc4c3sc3ccc(-c5ccc(-c6ccccc6)cc5)cc34)nc3ccccc32)c(C(C)C)c1. The molecule has 0 unspecified atom stereocenters. The summed E-state index contributed by atoms with van der Waals surface area (Å²) in [5.74, 6) is 1.75. The van der Waals surface area contributed by atoms with E-state index in [1.165, 1.54) is 70.4 Å². The number of benzene rings is 6. The molecule has 0 bridgehead atoms. The lowest BCUT2D eigenvalue weighted by molar-refractivity contribution is 0.808. The highest BCUT2D eigenvalue weighted by Crippen LogP contribution is 2.44. The van der Waals surface area contributed by atoms with Crippen molar-refractivity contribution >= 4 is 42.5 Å². The minimum Gasteiger partial charge on any atom is -0.292 e. The molecule has 230 valence electrons. The summed E-state index contributed by atoms with van der Waals surface area (Å²) < 4.78 is 5.03. The third-order valence-electron chi connectivity index (χ3n) is 9.40. The Kier molecular flexibility index (Phi) is 7.30. The van der Waals surface area contributed by atoms with Crippen molar-refractivity contribution < 1.29 is 0 Å². The number of rotatable bonds is 6. The molecule has 0 spiro atoms. The van der Waals surface area contributed by atoms with E-state index in [1.54, 1.807) is 0 Å². The topological polar surface area (TPSA) is 17.8 Å². The number of hydrogen-bond acceptors (Lipinski definition) is 2. The maximum atomic E-state index is 5.37. The first-order valence-electron chi connectivity index (χ1n) is 16.6. The van der Waals surface area contributed by atoms with Crippen LogP contribution in [0.3, 0.4) is 0 Å². The second kappa shape index (κ2) is 11.7. The summed E-state index contributed by atoms with van der Waals surface area (Å²) in [5, 5.41) is 2.57. The number of nitrogens with zero attached hydrogens (tertiary/aromatic N) is 2. The summed E-state index contributed by atoms with van der Waals surface area (Å²) in [6.45, 7) is 11.4. The molecule has 0 aliphatic heterocycles. The summed E-state index contributed by atoms with van der Waals surface area (Å²) in [6.07, 6.45) is 0. The van der Waals surface area contributed by atoms with Crippen molar-refractivity contribution in [1.29, 1.82) is 0 Å². The van der Waals surface area contributed by atoms with Gasteiger partial charge >= 0.3 is 0 Å². The maximum Gasteiger partial charge on any atom is 0.147 e. The van der Waals surface area contributed by atoms with E-state index in [4.69, 9.17) is 4.98 Å². The standard InChI is InChI=1S/C44H38N2S/c1-27(2)36-24-29(5)25-37(28(3)4)42(36)46-40-17-10-9-16-39(40)45-44(46)35-15-11-14-34-38-26-33(22-23-41(38)47-43(34)35)32-20-18-31(19-21-32)30-12-7-6-8-13-30/h6-28H,1-5H3. The largest absolute Gasteiger partial charge is 0.292 e. The number of para-hydroxylation sites is 2. The van der Waals surface area contributed by atoms with Gasteiger partial charge in [-0.25, -0.2) is 4.98 Å². The van der Waals surface area contributed by atoms with Crippen molar-refractivity contribution in [1.82, 2.24) is 9.55 Å². The summed E-state index contributed by atoms with van der Waals surface area (Å²) >= 11 is 1.87. The first-order valence-corrected chi connectivity index (χ1v) is 17.4. The molecule has 0 N–H and O–H groups in total. The van der Waals surface area contributed by atoms with Crippen molar-refractivity contribution in [2.75, 3.05) is 0 Å². The minimum absolute atomic E-state index is 0.372. The molecule has 2 nitrogen and oxygen atoms in total. The van der Waals surface area contributed by atoms with Gasteiger partial charge in [-0.1, -0.05) is 130 Å². The summed E-state index contributed by atoms with van der Waals surface area (Å²) in [4.78, 5) is 5.37. The van der Waals surface area contributed by atoms with Crippen LogP contribution in [0.4, 0.5) is 0 Å². The van der Waals surface area contributed by atoms with E-state index in [0.717, 1.165) is 16.9 Å². The van der Waals surface area contributed by atoms with Gasteiger partial charge in [0.05, 0.1) is 16.7 Å². The van der Waals surface area contributed by atoms with Gasteiger partial charge in [-0.15, -0.1) is 11.3 Å². The Labute approximate surface area is 281 Å². The smallest absolute Gasteiger partial charge is 0.147 e. The van der Waals surface area contributed by atoms with Crippen LogP contribution in [0.25, 0.3) is 70.5 Å². The Bertz CT molecular complexity index is 2380. The lowest BCUT2D eigenvalue weighted by Gasteiger charge is -2.23. The first-order chi connectivity index (χ1) is 22.9. The summed E-state index contributed by atoms with van der Waals surface area (Å²) in [6, 6.07) is 46.5. The molecule has 0 saturated carbocycles. The molecule has 0 aliphatic rings. The first kappa shape index (κ1) is 29.4. The van der Waals surface area contributed by atoms with Crippen LogP contribution in [0.1, 0.15) is 56.2 Å². The second-order valence-electron chi connectivity index (χ2n) is 13.3. The molecule has 47 heavy (non-hydrogen) atoms.